The number of amides is 2. The SMILES string of the molecule is Cc1ccc(NC(=O)/C=N\OCC(=O)N2c3ccccc3C[C@@H]2C)cc1. The van der Waals surface area contributed by atoms with Crippen molar-refractivity contribution in [1.82, 2.24) is 0 Å². The van der Waals surface area contributed by atoms with Crippen LogP contribution in [-0.4, -0.2) is 30.7 Å². The molecule has 1 N–H and O–H groups in total. The standard InChI is InChI=1S/C20H21N3O3/c1-14-7-9-17(10-8-14)22-19(24)12-21-26-13-20(25)23-15(2)11-16-5-3-4-6-18(16)23/h3-10,12,15H,11,13H2,1-2H3,(H,22,24)/b21-12-/t15-/m0/s1. The first kappa shape index (κ1) is 17.7. The van der Waals surface area contributed by atoms with Gasteiger partial charge in [-0.3, -0.25) is 9.59 Å². The van der Waals surface area contributed by atoms with Crippen molar-refractivity contribution in [1.29, 1.82) is 0 Å². The number of oxime groups is 1. The quantitative estimate of drug-likeness (QED) is 0.665. The molecule has 0 unspecified atom stereocenters. The Labute approximate surface area is 152 Å². The van der Waals surface area contributed by atoms with Crippen molar-refractivity contribution in [3.05, 3.63) is 59.7 Å². The van der Waals surface area contributed by atoms with Crippen LogP contribution in [0, 0.1) is 6.92 Å². The predicted molar refractivity (Wildman–Crippen MR) is 101 cm³/mol. The number of carbonyl (C=O) groups is 2. The van der Waals surface area contributed by atoms with Gasteiger partial charge in [0.25, 0.3) is 11.8 Å². The molecule has 2 aromatic carbocycles. The van der Waals surface area contributed by atoms with Gasteiger partial charge in [0, 0.05) is 17.4 Å². The van der Waals surface area contributed by atoms with Gasteiger partial charge in [-0.15, -0.1) is 0 Å². The average Bonchev–Trinajstić information content (AvgIpc) is 2.96. The fourth-order valence-corrected chi connectivity index (χ4v) is 3.00. The number of rotatable bonds is 5. The lowest BCUT2D eigenvalue weighted by molar-refractivity contribution is -0.123. The molecule has 2 amide bonds. The maximum atomic E-state index is 12.4. The third-order valence-corrected chi connectivity index (χ3v) is 4.23. The number of benzene rings is 2. The van der Waals surface area contributed by atoms with Gasteiger partial charge in [-0.25, -0.2) is 0 Å². The molecule has 1 atom stereocenters. The average molecular weight is 351 g/mol. The van der Waals surface area contributed by atoms with E-state index in [1.54, 1.807) is 17.0 Å². The molecular formula is C20H21N3O3. The molecule has 0 bridgehead atoms. The summed E-state index contributed by atoms with van der Waals surface area (Å²) in [6, 6.07) is 15.3. The van der Waals surface area contributed by atoms with E-state index < -0.39 is 5.91 Å². The third-order valence-electron chi connectivity index (χ3n) is 4.23. The Morgan fingerprint density at radius 3 is 2.73 bits per heavy atom. The van der Waals surface area contributed by atoms with Gasteiger partial charge < -0.3 is 15.1 Å². The van der Waals surface area contributed by atoms with Gasteiger partial charge in [-0.1, -0.05) is 41.1 Å². The molecule has 0 fully saturated rings. The second-order valence-corrected chi connectivity index (χ2v) is 6.31. The van der Waals surface area contributed by atoms with Crippen molar-refractivity contribution in [2.45, 2.75) is 26.3 Å². The molecule has 0 radical (unpaired) electrons. The van der Waals surface area contributed by atoms with E-state index in [2.05, 4.69) is 10.5 Å². The molecule has 0 aliphatic carbocycles. The summed E-state index contributed by atoms with van der Waals surface area (Å²) in [5.41, 5.74) is 3.84. The molecule has 0 saturated carbocycles. The Morgan fingerprint density at radius 1 is 1.23 bits per heavy atom. The fraction of sp³-hybridized carbons (Fsp3) is 0.250. The molecule has 0 spiro atoms. The van der Waals surface area contributed by atoms with Crippen LogP contribution in [0.15, 0.2) is 53.7 Å². The molecule has 1 aliphatic heterocycles. The smallest absolute Gasteiger partial charge is 0.270 e. The van der Waals surface area contributed by atoms with E-state index >= 15 is 0 Å². The molecule has 1 aliphatic rings. The molecule has 1 heterocycles. The van der Waals surface area contributed by atoms with E-state index in [0.717, 1.165) is 29.4 Å². The minimum absolute atomic E-state index is 0.0808. The van der Waals surface area contributed by atoms with Gasteiger partial charge >= 0.3 is 0 Å². The number of fused-ring (bicyclic) bond motifs is 1. The minimum Gasteiger partial charge on any atom is -0.385 e. The Bertz CT molecular complexity index is 830. The summed E-state index contributed by atoms with van der Waals surface area (Å²) in [7, 11) is 0. The molecule has 6 nitrogen and oxygen atoms in total. The highest BCUT2D eigenvalue weighted by atomic mass is 16.6. The molecule has 3 rings (SSSR count). The largest absolute Gasteiger partial charge is 0.385 e. The van der Waals surface area contributed by atoms with Crippen molar-refractivity contribution < 1.29 is 14.4 Å². The number of hydrogen-bond acceptors (Lipinski definition) is 4. The minimum atomic E-state index is -0.416. The topological polar surface area (TPSA) is 71.0 Å². The number of anilines is 2. The lowest BCUT2D eigenvalue weighted by atomic mass is 10.1. The van der Waals surface area contributed by atoms with Crippen molar-refractivity contribution >= 4 is 29.4 Å². The molecule has 2 aromatic rings. The lowest BCUT2D eigenvalue weighted by Crippen LogP contribution is -2.38. The Morgan fingerprint density at radius 2 is 1.96 bits per heavy atom. The number of aryl methyl sites for hydroxylation is 1. The van der Waals surface area contributed by atoms with Crippen LogP contribution in [0.1, 0.15) is 18.1 Å². The number of carbonyl (C=O) groups excluding carboxylic acids is 2. The maximum Gasteiger partial charge on any atom is 0.270 e. The maximum absolute atomic E-state index is 12.4. The van der Waals surface area contributed by atoms with Crippen LogP contribution < -0.4 is 10.2 Å². The molecule has 0 saturated heterocycles. The van der Waals surface area contributed by atoms with Crippen molar-refractivity contribution in [2.75, 3.05) is 16.8 Å². The fourth-order valence-electron chi connectivity index (χ4n) is 3.00. The first-order valence-electron chi connectivity index (χ1n) is 8.47. The Hall–Kier alpha value is -3.15. The van der Waals surface area contributed by atoms with Crippen LogP contribution in [0.25, 0.3) is 0 Å². The van der Waals surface area contributed by atoms with Crippen LogP contribution in [0.2, 0.25) is 0 Å². The van der Waals surface area contributed by atoms with Crippen molar-refractivity contribution in [2.24, 2.45) is 5.16 Å². The van der Waals surface area contributed by atoms with E-state index in [-0.39, 0.29) is 18.6 Å². The number of nitrogens with one attached hydrogen (secondary N) is 1. The number of nitrogens with zero attached hydrogens (tertiary/aromatic N) is 2. The number of hydrogen-bond donors (Lipinski definition) is 1. The van der Waals surface area contributed by atoms with Gasteiger partial charge in [-0.05, 0) is 44.0 Å². The van der Waals surface area contributed by atoms with Gasteiger partial charge in [0.15, 0.2) is 6.61 Å². The highest BCUT2D eigenvalue weighted by molar-refractivity contribution is 6.31. The summed E-state index contributed by atoms with van der Waals surface area (Å²) in [5.74, 6) is -0.597. The lowest BCUT2D eigenvalue weighted by Gasteiger charge is -2.21. The van der Waals surface area contributed by atoms with E-state index in [4.69, 9.17) is 4.84 Å². The predicted octanol–water partition coefficient (Wildman–Crippen LogP) is 2.91. The zero-order valence-electron chi connectivity index (χ0n) is 14.8. The highest BCUT2D eigenvalue weighted by Gasteiger charge is 2.30. The Kier molecular flexibility index (Phi) is 5.31. The monoisotopic (exact) mass is 351 g/mol. The molecule has 0 aromatic heterocycles. The van der Waals surface area contributed by atoms with Gasteiger partial charge in [0.05, 0.1) is 0 Å². The molecular weight excluding hydrogens is 330 g/mol. The van der Waals surface area contributed by atoms with Crippen LogP contribution in [0.3, 0.4) is 0 Å². The first-order valence-corrected chi connectivity index (χ1v) is 8.47. The Balaban J connectivity index is 1.50. The summed E-state index contributed by atoms with van der Waals surface area (Å²) >= 11 is 0. The first-order chi connectivity index (χ1) is 12.5. The normalized spacial score (nSPS) is 15.8. The van der Waals surface area contributed by atoms with Gasteiger partial charge in [0.2, 0.25) is 0 Å². The van der Waals surface area contributed by atoms with Crippen LogP contribution in [-0.2, 0) is 20.8 Å². The van der Waals surface area contributed by atoms with Crippen LogP contribution in [0.4, 0.5) is 11.4 Å². The van der Waals surface area contributed by atoms with Crippen LogP contribution >= 0.6 is 0 Å². The van der Waals surface area contributed by atoms with E-state index in [1.165, 1.54) is 0 Å². The van der Waals surface area contributed by atoms with Crippen LogP contribution in [0.5, 0.6) is 0 Å². The highest BCUT2D eigenvalue weighted by Crippen LogP contribution is 2.31. The van der Waals surface area contributed by atoms with Gasteiger partial charge in [0.1, 0.15) is 6.21 Å². The zero-order chi connectivity index (χ0) is 18.5. The van der Waals surface area contributed by atoms with Gasteiger partial charge in [-0.2, -0.15) is 0 Å². The summed E-state index contributed by atoms with van der Waals surface area (Å²) < 4.78 is 0. The zero-order valence-corrected chi connectivity index (χ0v) is 14.8. The number of para-hydroxylation sites is 1. The van der Waals surface area contributed by atoms with E-state index in [0.29, 0.717) is 5.69 Å². The molecule has 26 heavy (non-hydrogen) atoms. The van der Waals surface area contributed by atoms with Crippen molar-refractivity contribution in [3.63, 3.8) is 0 Å². The summed E-state index contributed by atoms with van der Waals surface area (Å²) in [4.78, 5) is 30.9. The second kappa shape index (κ2) is 7.82. The molecule has 134 valence electrons. The third kappa shape index (κ3) is 4.08. The summed E-state index contributed by atoms with van der Waals surface area (Å²) in [6.45, 7) is 3.75. The second-order valence-electron chi connectivity index (χ2n) is 6.31. The van der Waals surface area contributed by atoms with E-state index in [9.17, 15) is 9.59 Å². The van der Waals surface area contributed by atoms with Crippen molar-refractivity contribution in [3.8, 4) is 0 Å². The van der Waals surface area contributed by atoms with E-state index in [1.807, 2.05) is 50.2 Å². The molecule has 6 heteroatoms. The summed E-state index contributed by atoms with van der Waals surface area (Å²) in [5, 5.41) is 6.26. The summed E-state index contributed by atoms with van der Waals surface area (Å²) in [6.07, 6.45) is 1.85.